The Morgan fingerprint density at radius 1 is 1.05 bits per heavy atom. The molecule has 2 aromatic heterocycles. The van der Waals surface area contributed by atoms with Crippen molar-refractivity contribution in [3.8, 4) is 11.3 Å². The minimum absolute atomic E-state index is 0.0377. The Bertz CT molecular complexity index is 1030. The second-order valence-corrected chi connectivity index (χ2v) is 5.81. The van der Waals surface area contributed by atoms with Gasteiger partial charge >= 0.3 is 0 Å². The molecule has 2 heterocycles. The highest BCUT2D eigenvalue weighted by atomic mass is 32.1. The van der Waals surface area contributed by atoms with Crippen molar-refractivity contribution in [2.24, 2.45) is 0 Å². The zero-order chi connectivity index (χ0) is 15.1. The standard InChI is InChI=1S/C16H9N3O2S/c20-19(21)13-7-3-1-5-10(13)12-9-17-16-15(18-12)11-6-2-4-8-14(11)22-16/h1-9H. The average Bonchev–Trinajstić information content (AvgIpc) is 2.92. The molecule has 0 saturated carbocycles. The summed E-state index contributed by atoms with van der Waals surface area (Å²) < 4.78 is 1.11. The molecule has 0 spiro atoms. The lowest BCUT2D eigenvalue weighted by Crippen LogP contribution is -1.93. The van der Waals surface area contributed by atoms with Crippen molar-refractivity contribution >= 4 is 37.5 Å². The molecule has 0 unspecified atom stereocenters. The van der Waals surface area contributed by atoms with Gasteiger partial charge in [0.25, 0.3) is 5.69 Å². The summed E-state index contributed by atoms with van der Waals surface area (Å²) in [6.45, 7) is 0. The quantitative estimate of drug-likeness (QED) is 0.406. The van der Waals surface area contributed by atoms with Crippen LogP contribution in [0.5, 0.6) is 0 Å². The minimum atomic E-state index is -0.396. The summed E-state index contributed by atoms with van der Waals surface area (Å²) in [7, 11) is 0. The normalized spacial score (nSPS) is 11.1. The molecular weight excluding hydrogens is 298 g/mol. The molecule has 22 heavy (non-hydrogen) atoms. The van der Waals surface area contributed by atoms with E-state index in [9.17, 15) is 10.1 Å². The van der Waals surface area contributed by atoms with Crippen LogP contribution in [0.15, 0.2) is 54.7 Å². The van der Waals surface area contributed by atoms with Gasteiger partial charge in [0.15, 0.2) is 0 Å². The maximum absolute atomic E-state index is 11.2. The predicted octanol–water partition coefficient (Wildman–Crippen LogP) is 4.42. The largest absolute Gasteiger partial charge is 0.278 e. The number of thiophene rings is 1. The first-order valence-corrected chi connectivity index (χ1v) is 7.44. The van der Waals surface area contributed by atoms with E-state index in [0.29, 0.717) is 11.3 Å². The third-order valence-corrected chi connectivity index (χ3v) is 4.53. The van der Waals surface area contributed by atoms with Gasteiger partial charge in [0, 0.05) is 16.2 Å². The van der Waals surface area contributed by atoms with Crippen molar-refractivity contribution in [1.82, 2.24) is 9.97 Å². The maximum atomic E-state index is 11.2. The summed E-state index contributed by atoms with van der Waals surface area (Å²) in [5, 5.41) is 12.2. The van der Waals surface area contributed by atoms with E-state index in [1.165, 1.54) is 6.07 Å². The van der Waals surface area contributed by atoms with Crippen LogP contribution >= 0.6 is 11.3 Å². The first-order valence-electron chi connectivity index (χ1n) is 6.62. The minimum Gasteiger partial charge on any atom is -0.258 e. The molecule has 0 radical (unpaired) electrons. The fourth-order valence-corrected chi connectivity index (χ4v) is 3.45. The predicted molar refractivity (Wildman–Crippen MR) is 87.0 cm³/mol. The molecule has 106 valence electrons. The molecule has 0 aliphatic carbocycles. The van der Waals surface area contributed by atoms with E-state index in [4.69, 9.17) is 0 Å². The molecule has 0 aliphatic rings. The van der Waals surface area contributed by atoms with E-state index in [0.717, 1.165) is 20.4 Å². The number of aromatic nitrogens is 2. The summed E-state index contributed by atoms with van der Waals surface area (Å²) >= 11 is 1.57. The van der Waals surface area contributed by atoms with Crippen molar-refractivity contribution in [3.63, 3.8) is 0 Å². The zero-order valence-electron chi connectivity index (χ0n) is 11.3. The molecule has 0 bridgehead atoms. The van der Waals surface area contributed by atoms with Crippen molar-refractivity contribution in [3.05, 3.63) is 64.8 Å². The summed E-state index contributed by atoms with van der Waals surface area (Å²) in [5.74, 6) is 0. The molecule has 6 heteroatoms. The van der Waals surface area contributed by atoms with Gasteiger partial charge in [-0.1, -0.05) is 30.3 Å². The van der Waals surface area contributed by atoms with Gasteiger partial charge in [0.05, 0.1) is 22.4 Å². The number of benzene rings is 2. The summed E-state index contributed by atoms with van der Waals surface area (Å²) in [6.07, 6.45) is 1.60. The Balaban J connectivity index is 2.00. The zero-order valence-corrected chi connectivity index (χ0v) is 12.1. The third kappa shape index (κ3) is 1.93. The second-order valence-electron chi connectivity index (χ2n) is 4.78. The highest BCUT2D eigenvalue weighted by Gasteiger charge is 2.17. The summed E-state index contributed by atoms with van der Waals surface area (Å²) in [4.78, 5) is 20.7. The number of nitro benzene ring substituents is 1. The molecule has 4 aromatic rings. The Kier molecular flexibility index (Phi) is 2.83. The maximum Gasteiger partial charge on any atom is 0.278 e. The molecule has 0 atom stereocenters. The molecular formula is C16H9N3O2S. The van der Waals surface area contributed by atoms with Crippen LogP contribution in [0.4, 0.5) is 5.69 Å². The monoisotopic (exact) mass is 307 g/mol. The third-order valence-electron chi connectivity index (χ3n) is 3.46. The van der Waals surface area contributed by atoms with Gasteiger partial charge in [0.2, 0.25) is 0 Å². The van der Waals surface area contributed by atoms with Crippen LogP contribution < -0.4 is 0 Å². The van der Waals surface area contributed by atoms with Gasteiger partial charge in [-0.05, 0) is 12.1 Å². The molecule has 5 nitrogen and oxygen atoms in total. The number of nitrogens with zero attached hydrogens (tertiary/aromatic N) is 3. The summed E-state index contributed by atoms with van der Waals surface area (Å²) in [6, 6.07) is 14.5. The van der Waals surface area contributed by atoms with E-state index in [-0.39, 0.29) is 5.69 Å². The highest BCUT2D eigenvalue weighted by Crippen LogP contribution is 2.34. The van der Waals surface area contributed by atoms with E-state index < -0.39 is 4.92 Å². The molecule has 0 amide bonds. The van der Waals surface area contributed by atoms with Gasteiger partial charge in [-0.25, -0.2) is 9.97 Å². The van der Waals surface area contributed by atoms with Gasteiger partial charge in [-0.15, -0.1) is 11.3 Å². The lowest BCUT2D eigenvalue weighted by molar-refractivity contribution is -0.384. The Labute approximate surface area is 129 Å². The van der Waals surface area contributed by atoms with Crippen LogP contribution in [-0.2, 0) is 0 Å². The van der Waals surface area contributed by atoms with Crippen LogP contribution in [0.3, 0.4) is 0 Å². The number of rotatable bonds is 2. The van der Waals surface area contributed by atoms with Crippen LogP contribution in [0, 0.1) is 10.1 Å². The van der Waals surface area contributed by atoms with Crippen LogP contribution in [0.1, 0.15) is 0 Å². The van der Waals surface area contributed by atoms with Crippen LogP contribution in [0.2, 0.25) is 0 Å². The van der Waals surface area contributed by atoms with Crippen molar-refractivity contribution in [2.45, 2.75) is 0 Å². The number of fused-ring (bicyclic) bond motifs is 3. The smallest absolute Gasteiger partial charge is 0.258 e. The molecule has 0 N–H and O–H groups in total. The second kappa shape index (κ2) is 4.85. The van der Waals surface area contributed by atoms with E-state index in [1.807, 2.05) is 24.3 Å². The van der Waals surface area contributed by atoms with E-state index in [2.05, 4.69) is 9.97 Å². The molecule has 0 fully saturated rings. The lowest BCUT2D eigenvalue weighted by Gasteiger charge is -2.02. The molecule has 0 saturated heterocycles. The number of hydrogen-bond donors (Lipinski definition) is 0. The van der Waals surface area contributed by atoms with Crippen LogP contribution in [-0.4, -0.2) is 14.9 Å². The fraction of sp³-hybridized carbons (Fsp3) is 0. The first kappa shape index (κ1) is 12.8. The molecule has 0 aliphatic heterocycles. The topological polar surface area (TPSA) is 68.9 Å². The highest BCUT2D eigenvalue weighted by molar-refractivity contribution is 7.25. The van der Waals surface area contributed by atoms with Crippen molar-refractivity contribution < 1.29 is 4.92 Å². The van der Waals surface area contributed by atoms with Crippen LogP contribution in [0.25, 0.3) is 31.7 Å². The number of para-hydroxylation sites is 1. The number of nitro groups is 1. The molecule has 4 rings (SSSR count). The van der Waals surface area contributed by atoms with Gasteiger partial charge < -0.3 is 0 Å². The first-order chi connectivity index (χ1) is 10.7. The molecule has 2 aromatic carbocycles. The van der Waals surface area contributed by atoms with E-state index in [1.54, 1.807) is 35.7 Å². The summed E-state index contributed by atoms with van der Waals surface area (Å²) in [5.41, 5.74) is 1.83. The Morgan fingerprint density at radius 3 is 2.68 bits per heavy atom. The Hall–Kier alpha value is -2.86. The van der Waals surface area contributed by atoms with E-state index >= 15 is 0 Å². The van der Waals surface area contributed by atoms with Gasteiger partial charge in [-0.3, -0.25) is 10.1 Å². The van der Waals surface area contributed by atoms with Gasteiger partial charge in [0.1, 0.15) is 10.3 Å². The van der Waals surface area contributed by atoms with Gasteiger partial charge in [-0.2, -0.15) is 0 Å². The fourth-order valence-electron chi connectivity index (χ4n) is 2.46. The lowest BCUT2D eigenvalue weighted by atomic mass is 10.1. The SMILES string of the molecule is O=[N+]([O-])c1ccccc1-c1cnc2sc3ccccc3c2n1. The number of hydrogen-bond acceptors (Lipinski definition) is 5. The van der Waals surface area contributed by atoms with Crippen molar-refractivity contribution in [1.29, 1.82) is 0 Å². The van der Waals surface area contributed by atoms with Crippen molar-refractivity contribution in [2.75, 3.05) is 0 Å². The average molecular weight is 307 g/mol. The Morgan fingerprint density at radius 2 is 1.82 bits per heavy atom.